The Labute approximate surface area is 256 Å². The third-order valence-corrected chi connectivity index (χ3v) is 7.39. The van der Waals surface area contributed by atoms with Crippen molar-refractivity contribution in [2.24, 2.45) is 10.2 Å². The zero-order valence-electron chi connectivity index (χ0n) is 21.0. The first kappa shape index (κ1) is 30.8. The molecule has 0 aliphatic heterocycles. The summed E-state index contributed by atoms with van der Waals surface area (Å²) in [5.41, 5.74) is 0.0711. The molecule has 4 aromatic carbocycles. The minimum Gasteiger partial charge on any atom is -0.870 e. The number of hydrogen-bond donors (Lipinski definition) is 2. The Morgan fingerprint density at radius 3 is 2.46 bits per heavy atom. The molecular formula is C26H20Cl2N3NaO6S. The van der Waals surface area contributed by atoms with E-state index in [1.807, 2.05) is 0 Å². The average Bonchev–Trinajstić information content (AvgIpc) is 2.88. The molecule has 0 saturated carbocycles. The van der Waals surface area contributed by atoms with Crippen molar-refractivity contribution in [1.29, 1.82) is 0 Å². The van der Waals surface area contributed by atoms with Gasteiger partial charge in [-0.25, -0.2) is 0 Å². The van der Waals surface area contributed by atoms with Crippen LogP contribution in [0.1, 0.15) is 22.8 Å². The van der Waals surface area contributed by atoms with Gasteiger partial charge in [-0.2, -0.15) is 13.5 Å². The normalized spacial score (nSPS) is 11.4. The maximum atomic E-state index is 13.4. The molecule has 196 valence electrons. The zero-order chi connectivity index (χ0) is 27.6. The Hall–Kier alpha value is -2.70. The van der Waals surface area contributed by atoms with Gasteiger partial charge >= 0.3 is 29.6 Å². The summed E-state index contributed by atoms with van der Waals surface area (Å²) in [6, 6.07) is 15.6. The number of carbonyl (C=O) groups excluding carboxylic acids is 1. The van der Waals surface area contributed by atoms with Crippen LogP contribution in [0.4, 0.5) is 17.1 Å². The predicted molar refractivity (Wildman–Crippen MR) is 144 cm³/mol. The first-order valence-corrected chi connectivity index (χ1v) is 13.3. The van der Waals surface area contributed by atoms with E-state index < -0.39 is 26.7 Å². The van der Waals surface area contributed by atoms with E-state index in [2.05, 4.69) is 15.5 Å². The molecular weight excluding hydrogens is 576 g/mol. The average molecular weight is 596 g/mol. The summed E-state index contributed by atoms with van der Waals surface area (Å²) < 4.78 is 39.1. The quantitative estimate of drug-likeness (QED) is 0.189. The molecule has 4 aromatic rings. The van der Waals surface area contributed by atoms with Crippen molar-refractivity contribution in [2.45, 2.75) is 18.2 Å². The number of rotatable bonds is 7. The summed E-state index contributed by atoms with van der Waals surface area (Å²) in [6.45, 7) is 1.77. The molecule has 0 aromatic heterocycles. The Morgan fingerprint density at radius 2 is 1.79 bits per heavy atom. The third kappa shape index (κ3) is 6.55. The molecule has 0 aliphatic carbocycles. The van der Waals surface area contributed by atoms with E-state index in [1.165, 1.54) is 31.4 Å². The number of carbonyl (C=O) groups is 1. The molecule has 0 spiro atoms. The minimum absolute atomic E-state index is 0. The van der Waals surface area contributed by atoms with Gasteiger partial charge in [-0.05, 0) is 41.6 Å². The van der Waals surface area contributed by atoms with Gasteiger partial charge < -0.3 is 15.2 Å². The monoisotopic (exact) mass is 595 g/mol. The van der Waals surface area contributed by atoms with Crippen LogP contribution in [0.3, 0.4) is 0 Å². The number of anilines is 1. The fraction of sp³-hybridized carbons (Fsp3) is 0.115. The number of aryl methyl sites for hydroxylation is 1. The molecule has 0 saturated heterocycles. The van der Waals surface area contributed by atoms with Crippen LogP contribution in [0.15, 0.2) is 75.8 Å². The number of azo groups is 1. The molecule has 13 heteroatoms. The first-order valence-electron chi connectivity index (χ1n) is 11.1. The molecule has 0 bridgehead atoms. The molecule has 0 radical (unpaired) electrons. The van der Waals surface area contributed by atoms with Crippen molar-refractivity contribution in [3.63, 3.8) is 0 Å². The second kappa shape index (κ2) is 12.6. The summed E-state index contributed by atoms with van der Waals surface area (Å²) in [6.07, 6.45) is 0.406. The number of benzene rings is 4. The van der Waals surface area contributed by atoms with Crippen LogP contribution in [0, 0.1) is 0 Å². The van der Waals surface area contributed by atoms with Crippen molar-refractivity contribution < 1.29 is 57.2 Å². The van der Waals surface area contributed by atoms with E-state index in [0.29, 0.717) is 39.2 Å². The second-order valence-corrected chi connectivity index (χ2v) is 10.2. The van der Waals surface area contributed by atoms with Crippen LogP contribution < -0.4 is 44.7 Å². The summed E-state index contributed by atoms with van der Waals surface area (Å²) in [5.74, 6) is -1.18. The molecule has 4 rings (SSSR count). The van der Waals surface area contributed by atoms with E-state index in [1.54, 1.807) is 43.3 Å². The van der Waals surface area contributed by atoms with Gasteiger partial charge in [0.05, 0.1) is 23.5 Å². The van der Waals surface area contributed by atoms with Gasteiger partial charge in [0.15, 0.2) is 0 Å². The number of hydrogen-bond acceptors (Lipinski definition) is 7. The summed E-state index contributed by atoms with van der Waals surface area (Å²) in [4.78, 5) is 12.5. The van der Waals surface area contributed by atoms with E-state index in [4.69, 9.17) is 27.9 Å². The largest absolute Gasteiger partial charge is 1.00 e. The topological polar surface area (TPSA) is 140 Å². The van der Waals surface area contributed by atoms with Gasteiger partial charge in [0, 0.05) is 22.0 Å². The maximum Gasteiger partial charge on any atom is 1.00 e. The molecule has 0 atom stereocenters. The van der Waals surface area contributed by atoms with Gasteiger partial charge in [-0.15, -0.1) is 5.11 Å². The van der Waals surface area contributed by atoms with Crippen LogP contribution >= 0.6 is 23.2 Å². The number of nitrogens with one attached hydrogen (secondary N) is 1. The molecule has 0 aliphatic rings. The van der Waals surface area contributed by atoms with Crippen molar-refractivity contribution in [3.05, 3.63) is 81.8 Å². The number of halogens is 2. The predicted octanol–water partition coefficient (Wildman–Crippen LogP) is 3.71. The van der Waals surface area contributed by atoms with Crippen LogP contribution in [-0.4, -0.2) is 26.0 Å². The van der Waals surface area contributed by atoms with Crippen molar-refractivity contribution >= 4 is 67.1 Å². The minimum atomic E-state index is -4.77. The first-order chi connectivity index (χ1) is 18.0. The van der Waals surface area contributed by atoms with Crippen molar-refractivity contribution in [3.8, 4) is 11.5 Å². The van der Waals surface area contributed by atoms with Crippen molar-refractivity contribution in [1.82, 2.24) is 0 Å². The van der Waals surface area contributed by atoms with Crippen LogP contribution in [-0.2, 0) is 16.5 Å². The number of nitrogens with zero attached hydrogens (tertiary/aromatic N) is 2. The Balaban J connectivity index is 0.00000420. The summed E-state index contributed by atoms with van der Waals surface area (Å²) in [7, 11) is -3.36. The molecule has 1 amide bonds. The van der Waals surface area contributed by atoms with E-state index in [9.17, 15) is 22.9 Å². The number of methoxy groups -OCH3 is 1. The molecule has 0 unspecified atom stereocenters. The molecule has 0 heterocycles. The van der Waals surface area contributed by atoms with Crippen molar-refractivity contribution in [2.75, 3.05) is 12.4 Å². The molecule has 0 fully saturated rings. The van der Waals surface area contributed by atoms with Gasteiger partial charge in [0.25, 0.3) is 16.0 Å². The number of ether oxygens (including phenoxy) is 1. The third-order valence-electron chi connectivity index (χ3n) is 5.68. The van der Waals surface area contributed by atoms with Gasteiger partial charge in [0.2, 0.25) is 0 Å². The fourth-order valence-corrected chi connectivity index (χ4v) is 5.30. The second-order valence-electron chi connectivity index (χ2n) is 8.04. The summed E-state index contributed by atoms with van der Waals surface area (Å²) >= 11 is 12.2. The number of amides is 1. The smallest absolute Gasteiger partial charge is 0.870 e. The Kier molecular flexibility index (Phi) is 10.0. The van der Waals surface area contributed by atoms with E-state index in [0.717, 1.165) is 0 Å². The summed E-state index contributed by atoms with van der Waals surface area (Å²) in [5, 5.41) is 25.1. The SMILES string of the molecule is CCc1ccc(N=Nc2c([O-])c(C(=O)Nc3ccc(Cl)cc3OC)cc3ccccc23)c(S(=O)(=O)O)c1Cl.[Na+]. The maximum absolute atomic E-state index is 13.4. The van der Waals surface area contributed by atoms with Crippen LogP contribution in [0.5, 0.6) is 11.5 Å². The molecule has 39 heavy (non-hydrogen) atoms. The molecule has 9 nitrogen and oxygen atoms in total. The zero-order valence-corrected chi connectivity index (χ0v) is 25.4. The number of fused-ring (bicyclic) bond motifs is 1. The molecule has 2 N–H and O–H groups in total. The van der Waals surface area contributed by atoms with Gasteiger partial charge in [-0.3, -0.25) is 9.35 Å². The van der Waals surface area contributed by atoms with Crippen LogP contribution in [0.2, 0.25) is 10.0 Å². The Bertz CT molecular complexity index is 1710. The van der Waals surface area contributed by atoms with E-state index >= 15 is 0 Å². The van der Waals surface area contributed by atoms with E-state index in [-0.39, 0.29) is 51.5 Å². The van der Waals surface area contributed by atoms with Gasteiger partial charge in [0.1, 0.15) is 16.3 Å². The Morgan fingerprint density at radius 1 is 1.08 bits per heavy atom. The van der Waals surface area contributed by atoms with Crippen LogP contribution in [0.25, 0.3) is 10.8 Å². The fourth-order valence-electron chi connectivity index (χ4n) is 3.82. The standard InChI is InChI=1S/C26H21Cl2N3O6S.Na/c1-3-14-8-10-20(25(22(14)28)38(34,35)36)30-31-23-17-7-5-4-6-15(17)12-18(24(23)32)26(33)29-19-11-9-16(27)13-21(19)37-2;/h4-13,32H,3H2,1-2H3,(H,29,33)(H,34,35,36);/q;+1/p-1. The van der Waals surface area contributed by atoms with Gasteiger partial charge in [-0.1, -0.05) is 66.2 Å².